The molecule has 0 aromatic heterocycles. The molecule has 0 heterocycles. The van der Waals surface area contributed by atoms with E-state index in [9.17, 15) is 4.39 Å². The third kappa shape index (κ3) is 1.11. The number of rotatable bonds is 0. The third-order valence-corrected chi connectivity index (χ3v) is 1.63. The van der Waals surface area contributed by atoms with Gasteiger partial charge in [-0.2, -0.15) is 0 Å². The van der Waals surface area contributed by atoms with Gasteiger partial charge in [-0.05, 0) is 25.3 Å². The van der Waals surface area contributed by atoms with Crippen LogP contribution in [0.4, 0.5) is 4.39 Å². The Balaban J connectivity index is 2.97. The highest BCUT2D eigenvalue weighted by Crippen LogP contribution is 2.24. The summed E-state index contributed by atoms with van der Waals surface area (Å²) >= 11 is 0. The van der Waals surface area contributed by atoms with E-state index in [0.717, 1.165) is 18.4 Å². The van der Waals surface area contributed by atoms with Crippen LogP contribution in [0.1, 0.15) is 19.8 Å². The van der Waals surface area contributed by atoms with Gasteiger partial charge in [-0.15, -0.1) is 6.42 Å². The van der Waals surface area contributed by atoms with E-state index in [0.29, 0.717) is 5.57 Å². The molecule has 0 bridgehead atoms. The predicted molar refractivity (Wildman–Crippen MR) is 40.0 cm³/mol. The maximum absolute atomic E-state index is 12.9. The van der Waals surface area contributed by atoms with Gasteiger partial charge in [-0.3, -0.25) is 0 Å². The van der Waals surface area contributed by atoms with E-state index in [1.807, 2.05) is 0 Å². The lowest BCUT2D eigenvalue weighted by atomic mass is 10.00. The third-order valence-electron chi connectivity index (χ3n) is 1.63. The minimum absolute atomic E-state index is 0.200. The normalized spacial score (nSPS) is 18.3. The molecule has 1 aliphatic rings. The SMILES string of the molecule is C#CC1=CCCC(C)=C1F. The molecule has 0 unspecified atom stereocenters. The summed E-state index contributed by atoms with van der Waals surface area (Å²) in [4.78, 5) is 0. The van der Waals surface area contributed by atoms with Gasteiger partial charge in [-0.1, -0.05) is 12.0 Å². The van der Waals surface area contributed by atoms with Gasteiger partial charge >= 0.3 is 0 Å². The van der Waals surface area contributed by atoms with Crippen molar-refractivity contribution in [1.82, 2.24) is 0 Å². The summed E-state index contributed by atoms with van der Waals surface area (Å²) in [5, 5.41) is 0. The van der Waals surface area contributed by atoms with Crippen molar-refractivity contribution in [3.05, 3.63) is 23.0 Å². The van der Waals surface area contributed by atoms with Crippen LogP contribution < -0.4 is 0 Å². The first-order valence-electron chi connectivity index (χ1n) is 3.28. The van der Waals surface area contributed by atoms with Gasteiger partial charge in [0, 0.05) is 0 Å². The molecule has 0 atom stereocenters. The zero-order valence-electron chi connectivity index (χ0n) is 5.95. The van der Waals surface area contributed by atoms with Crippen molar-refractivity contribution in [3.8, 4) is 12.3 Å². The monoisotopic (exact) mass is 136 g/mol. The number of hydrogen-bond donors (Lipinski definition) is 0. The number of halogens is 1. The Kier molecular flexibility index (Phi) is 1.91. The fourth-order valence-electron chi connectivity index (χ4n) is 0.985. The molecule has 0 nitrogen and oxygen atoms in total. The fourth-order valence-corrected chi connectivity index (χ4v) is 0.985. The Hall–Kier alpha value is -1.03. The van der Waals surface area contributed by atoms with Crippen molar-refractivity contribution in [2.75, 3.05) is 0 Å². The van der Waals surface area contributed by atoms with Crippen molar-refractivity contribution < 1.29 is 4.39 Å². The van der Waals surface area contributed by atoms with E-state index < -0.39 is 0 Å². The first kappa shape index (κ1) is 7.08. The lowest BCUT2D eigenvalue weighted by Gasteiger charge is -2.08. The summed E-state index contributed by atoms with van der Waals surface area (Å²) in [7, 11) is 0. The van der Waals surface area contributed by atoms with Crippen LogP contribution >= 0.6 is 0 Å². The Labute approximate surface area is 60.4 Å². The maximum Gasteiger partial charge on any atom is 0.137 e. The lowest BCUT2D eigenvalue weighted by Crippen LogP contribution is -1.92. The van der Waals surface area contributed by atoms with Crippen molar-refractivity contribution >= 4 is 0 Å². The predicted octanol–water partition coefficient (Wildman–Crippen LogP) is 2.58. The van der Waals surface area contributed by atoms with E-state index >= 15 is 0 Å². The molecule has 0 aromatic carbocycles. The van der Waals surface area contributed by atoms with E-state index in [-0.39, 0.29) is 5.83 Å². The van der Waals surface area contributed by atoms with Crippen LogP contribution in [0.2, 0.25) is 0 Å². The van der Waals surface area contributed by atoms with E-state index in [1.54, 1.807) is 13.0 Å². The Bertz CT molecular complexity index is 238. The van der Waals surface area contributed by atoms with Gasteiger partial charge in [0.05, 0.1) is 5.57 Å². The fraction of sp³-hybridized carbons (Fsp3) is 0.333. The quantitative estimate of drug-likeness (QED) is 0.449. The van der Waals surface area contributed by atoms with E-state index in [4.69, 9.17) is 6.42 Å². The van der Waals surface area contributed by atoms with E-state index in [1.165, 1.54) is 0 Å². The standard InChI is InChI=1S/C9H9F/c1-3-8-6-4-5-7(2)9(8)10/h1,6H,4-5H2,2H3. The topological polar surface area (TPSA) is 0 Å². The highest BCUT2D eigenvalue weighted by Gasteiger charge is 2.09. The number of hydrogen-bond acceptors (Lipinski definition) is 0. The smallest absolute Gasteiger partial charge is 0.137 e. The van der Waals surface area contributed by atoms with Crippen LogP contribution in [-0.2, 0) is 0 Å². The zero-order valence-corrected chi connectivity index (χ0v) is 5.95. The second-order valence-electron chi connectivity index (χ2n) is 2.40. The van der Waals surface area contributed by atoms with Crippen molar-refractivity contribution in [3.63, 3.8) is 0 Å². The Morgan fingerprint density at radius 1 is 1.70 bits per heavy atom. The van der Waals surface area contributed by atoms with Crippen LogP contribution in [0.15, 0.2) is 23.0 Å². The van der Waals surface area contributed by atoms with Crippen LogP contribution in [0.25, 0.3) is 0 Å². The molecular weight excluding hydrogens is 127 g/mol. The van der Waals surface area contributed by atoms with Crippen LogP contribution in [0.3, 0.4) is 0 Å². The minimum atomic E-state index is -0.200. The van der Waals surface area contributed by atoms with Gasteiger partial charge in [0.25, 0.3) is 0 Å². The molecule has 0 saturated heterocycles. The molecule has 0 radical (unpaired) electrons. The summed E-state index contributed by atoms with van der Waals surface area (Å²) in [5.41, 5.74) is 1.19. The van der Waals surface area contributed by atoms with Crippen LogP contribution in [-0.4, -0.2) is 0 Å². The molecule has 10 heavy (non-hydrogen) atoms. The number of allylic oxidation sites excluding steroid dienone is 4. The first-order chi connectivity index (χ1) is 4.75. The largest absolute Gasteiger partial charge is 0.206 e. The summed E-state index contributed by atoms with van der Waals surface area (Å²) in [6.45, 7) is 1.78. The summed E-state index contributed by atoms with van der Waals surface area (Å²) < 4.78 is 12.9. The van der Waals surface area contributed by atoms with Crippen LogP contribution in [0.5, 0.6) is 0 Å². The average Bonchev–Trinajstić information content (AvgIpc) is 1.95. The second kappa shape index (κ2) is 2.70. The second-order valence-corrected chi connectivity index (χ2v) is 2.40. The Morgan fingerprint density at radius 3 is 2.90 bits per heavy atom. The number of terminal acetylenes is 1. The molecule has 52 valence electrons. The maximum atomic E-state index is 12.9. The van der Waals surface area contributed by atoms with E-state index in [2.05, 4.69) is 5.92 Å². The molecule has 0 amide bonds. The van der Waals surface area contributed by atoms with Gasteiger partial charge < -0.3 is 0 Å². The van der Waals surface area contributed by atoms with Gasteiger partial charge in [0.15, 0.2) is 0 Å². The highest BCUT2D eigenvalue weighted by atomic mass is 19.1. The average molecular weight is 136 g/mol. The molecule has 0 N–H and O–H groups in total. The van der Waals surface area contributed by atoms with Crippen molar-refractivity contribution in [2.24, 2.45) is 0 Å². The molecule has 0 aliphatic heterocycles. The van der Waals surface area contributed by atoms with Gasteiger partial charge in [0.2, 0.25) is 0 Å². The zero-order chi connectivity index (χ0) is 7.56. The lowest BCUT2D eigenvalue weighted by molar-refractivity contribution is 0.627. The molecule has 0 fully saturated rings. The first-order valence-corrected chi connectivity index (χ1v) is 3.28. The summed E-state index contributed by atoms with van der Waals surface area (Å²) in [6.07, 6.45) is 8.51. The highest BCUT2D eigenvalue weighted by molar-refractivity contribution is 5.44. The molecule has 0 spiro atoms. The van der Waals surface area contributed by atoms with Crippen molar-refractivity contribution in [2.45, 2.75) is 19.8 Å². The van der Waals surface area contributed by atoms with Gasteiger partial charge in [0.1, 0.15) is 5.83 Å². The Morgan fingerprint density at radius 2 is 2.40 bits per heavy atom. The molecule has 1 aliphatic carbocycles. The summed E-state index contributed by atoms with van der Waals surface area (Å²) in [5.74, 6) is 2.11. The van der Waals surface area contributed by atoms with Gasteiger partial charge in [-0.25, -0.2) is 4.39 Å². The van der Waals surface area contributed by atoms with Crippen LogP contribution in [0, 0.1) is 12.3 Å². The minimum Gasteiger partial charge on any atom is -0.206 e. The molecular formula is C9H9F. The summed E-state index contributed by atoms with van der Waals surface area (Å²) in [6, 6.07) is 0. The molecule has 0 aromatic rings. The van der Waals surface area contributed by atoms with Crippen molar-refractivity contribution in [1.29, 1.82) is 0 Å². The molecule has 0 saturated carbocycles. The molecule has 1 heteroatoms. The molecule has 1 rings (SSSR count).